The molecule has 0 N–H and O–H groups in total. The zero-order valence-electron chi connectivity index (χ0n) is 9.84. The maximum atomic E-state index is 5.97. The van der Waals surface area contributed by atoms with Crippen molar-refractivity contribution in [3.63, 3.8) is 0 Å². The minimum absolute atomic E-state index is 0.675. The zero-order valence-corrected chi connectivity index (χ0v) is 10.7. The van der Waals surface area contributed by atoms with E-state index < -0.39 is 7.28 Å². The third-order valence-electron chi connectivity index (χ3n) is 3.02. The average molecular weight is 240 g/mol. The van der Waals surface area contributed by atoms with Crippen LogP contribution in [0.4, 0.5) is 0 Å². The van der Waals surface area contributed by atoms with E-state index in [9.17, 15) is 0 Å². The summed E-state index contributed by atoms with van der Waals surface area (Å²) in [6.45, 7) is 1.93. The molecule has 0 fully saturated rings. The minimum atomic E-state index is -3.14. The Labute approximate surface area is 96.2 Å². The Morgan fingerprint density at radius 1 is 1.12 bits per heavy atom. The molecule has 0 aliphatic carbocycles. The van der Waals surface area contributed by atoms with Crippen molar-refractivity contribution in [3.8, 4) is 0 Å². The first-order chi connectivity index (χ1) is 7.65. The van der Waals surface area contributed by atoms with Crippen LogP contribution in [0.5, 0.6) is 0 Å². The number of hydrogen-bond acceptors (Lipinski definition) is 3. The molecule has 0 bridgehead atoms. The van der Waals surface area contributed by atoms with Gasteiger partial charge in [0.2, 0.25) is 0 Å². The Morgan fingerprint density at radius 3 is 2.19 bits per heavy atom. The third kappa shape index (κ3) is 1.47. The van der Waals surface area contributed by atoms with Gasteiger partial charge in [0.1, 0.15) is 0 Å². The molecule has 0 amide bonds. The topological polar surface area (TPSA) is 27.7 Å². The number of allylic oxidation sites excluding steroid dienone is 2. The Kier molecular flexibility index (Phi) is 2.79. The van der Waals surface area contributed by atoms with Crippen molar-refractivity contribution < 1.29 is 13.6 Å². The molecule has 2 rings (SSSR count). The van der Waals surface area contributed by atoms with E-state index in [1.54, 1.807) is 14.2 Å². The molecule has 0 atom stereocenters. The van der Waals surface area contributed by atoms with Crippen molar-refractivity contribution >= 4 is 12.6 Å². The van der Waals surface area contributed by atoms with Gasteiger partial charge in [0.25, 0.3) is 0 Å². The van der Waals surface area contributed by atoms with Gasteiger partial charge >= 0.3 is 95.6 Å². The molecule has 0 radical (unpaired) electrons. The maximum absolute atomic E-state index is 5.97. The molecule has 4 heteroatoms. The third-order valence-corrected chi connectivity index (χ3v) is 7.26. The van der Waals surface area contributed by atoms with Gasteiger partial charge in [0.05, 0.1) is 0 Å². The van der Waals surface area contributed by atoms with Gasteiger partial charge in [-0.25, -0.2) is 0 Å². The van der Waals surface area contributed by atoms with Crippen LogP contribution in [-0.2, 0) is 13.6 Å². The molecule has 0 saturated heterocycles. The monoisotopic (exact) mass is 240 g/mol. The van der Waals surface area contributed by atoms with E-state index in [4.69, 9.17) is 13.6 Å². The molecule has 88 valence electrons. The molecular formula is C12H17O3P. The number of rotatable bonds is 3. The summed E-state index contributed by atoms with van der Waals surface area (Å²) in [6, 6.07) is 9.91. The Bertz CT molecular complexity index is 410. The van der Waals surface area contributed by atoms with Gasteiger partial charge in [-0.15, -0.1) is 0 Å². The Morgan fingerprint density at radius 2 is 1.75 bits per heavy atom. The summed E-state index contributed by atoms with van der Waals surface area (Å²) in [7, 11) is 0.165. The molecule has 1 aromatic carbocycles. The van der Waals surface area contributed by atoms with Gasteiger partial charge in [0.15, 0.2) is 0 Å². The van der Waals surface area contributed by atoms with Crippen molar-refractivity contribution in [1.29, 1.82) is 0 Å². The Hall–Kier alpha value is -0.890. The molecule has 0 saturated carbocycles. The SMILES string of the molecule is COP1(OC)(c2ccccc2)CC=C(C)O1. The van der Waals surface area contributed by atoms with Crippen LogP contribution >= 0.6 is 7.28 Å². The normalized spacial score (nSPS) is 23.9. The molecule has 1 heterocycles. The summed E-state index contributed by atoms with van der Waals surface area (Å²) in [5.74, 6) is 0.866. The molecule has 1 aliphatic rings. The van der Waals surface area contributed by atoms with Crippen molar-refractivity contribution in [2.75, 3.05) is 20.4 Å². The summed E-state index contributed by atoms with van der Waals surface area (Å²) < 4.78 is 17.4. The van der Waals surface area contributed by atoms with Gasteiger partial charge in [-0.1, -0.05) is 0 Å². The van der Waals surface area contributed by atoms with Crippen LogP contribution in [0.15, 0.2) is 42.2 Å². The van der Waals surface area contributed by atoms with Crippen LogP contribution in [0.3, 0.4) is 0 Å². The summed E-state index contributed by atoms with van der Waals surface area (Å²) in [4.78, 5) is 0. The number of benzene rings is 1. The summed E-state index contributed by atoms with van der Waals surface area (Å²) >= 11 is 0. The van der Waals surface area contributed by atoms with Gasteiger partial charge in [-0.2, -0.15) is 0 Å². The van der Waals surface area contributed by atoms with E-state index in [0.29, 0.717) is 6.16 Å². The molecular weight excluding hydrogens is 223 g/mol. The van der Waals surface area contributed by atoms with E-state index >= 15 is 0 Å². The first kappa shape index (κ1) is 11.6. The molecule has 1 aliphatic heterocycles. The predicted octanol–water partition coefficient (Wildman–Crippen LogP) is 2.84. The van der Waals surface area contributed by atoms with E-state index in [1.165, 1.54) is 0 Å². The van der Waals surface area contributed by atoms with E-state index in [-0.39, 0.29) is 0 Å². The fourth-order valence-corrected chi connectivity index (χ4v) is 5.42. The summed E-state index contributed by atoms with van der Waals surface area (Å²) in [6.07, 6.45) is 2.70. The average Bonchev–Trinajstić information content (AvgIpc) is 2.71. The van der Waals surface area contributed by atoms with Gasteiger partial charge in [-0.3, -0.25) is 0 Å². The van der Waals surface area contributed by atoms with Gasteiger partial charge < -0.3 is 0 Å². The second-order valence-electron chi connectivity index (χ2n) is 3.83. The predicted molar refractivity (Wildman–Crippen MR) is 66.7 cm³/mol. The van der Waals surface area contributed by atoms with Crippen molar-refractivity contribution in [2.24, 2.45) is 0 Å². The summed E-state index contributed by atoms with van der Waals surface area (Å²) in [5, 5.41) is 0.992. The van der Waals surface area contributed by atoms with Crippen LogP contribution in [0.2, 0.25) is 0 Å². The van der Waals surface area contributed by atoms with Crippen LogP contribution in [0, 0.1) is 0 Å². The van der Waals surface area contributed by atoms with Crippen molar-refractivity contribution in [2.45, 2.75) is 6.92 Å². The van der Waals surface area contributed by atoms with E-state index in [0.717, 1.165) is 11.1 Å². The first-order valence-electron chi connectivity index (χ1n) is 5.22. The molecule has 0 spiro atoms. The zero-order chi connectivity index (χ0) is 11.7. The molecule has 0 unspecified atom stereocenters. The van der Waals surface area contributed by atoms with E-state index in [1.807, 2.05) is 43.3 Å². The van der Waals surface area contributed by atoms with Crippen molar-refractivity contribution in [1.82, 2.24) is 0 Å². The fraction of sp³-hybridized carbons (Fsp3) is 0.333. The first-order valence-corrected chi connectivity index (χ1v) is 7.39. The Balaban J connectivity index is 2.53. The molecule has 3 nitrogen and oxygen atoms in total. The van der Waals surface area contributed by atoms with E-state index in [2.05, 4.69) is 0 Å². The molecule has 16 heavy (non-hydrogen) atoms. The van der Waals surface area contributed by atoms with Crippen LogP contribution < -0.4 is 5.30 Å². The quantitative estimate of drug-likeness (QED) is 0.760. The standard InChI is InChI=1S/C12H17O3P/c1-11-9-10-16(13-2,14-3,15-11)12-7-5-4-6-8-12/h4-9H,10H2,1-3H3. The van der Waals surface area contributed by atoms with Crippen LogP contribution in [0.25, 0.3) is 0 Å². The van der Waals surface area contributed by atoms with Crippen LogP contribution in [-0.4, -0.2) is 20.4 Å². The van der Waals surface area contributed by atoms with Gasteiger partial charge in [-0.05, 0) is 0 Å². The molecule has 0 aromatic heterocycles. The summed E-state index contributed by atoms with van der Waals surface area (Å²) in [5.41, 5.74) is 0. The van der Waals surface area contributed by atoms with Crippen LogP contribution in [0.1, 0.15) is 6.92 Å². The second kappa shape index (κ2) is 3.85. The van der Waals surface area contributed by atoms with Crippen molar-refractivity contribution in [3.05, 3.63) is 42.2 Å². The van der Waals surface area contributed by atoms with Gasteiger partial charge in [0, 0.05) is 0 Å². The fourth-order valence-electron chi connectivity index (χ4n) is 2.03. The second-order valence-corrected chi connectivity index (χ2v) is 7.71. The number of hydrogen-bond donors (Lipinski definition) is 0. The molecule has 1 aromatic rings.